The topological polar surface area (TPSA) is 3.24 Å². The van der Waals surface area contributed by atoms with Crippen LogP contribution < -0.4 is 0 Å². The van der Waals surface area contributed by atoms with Gasteiger partial charge in [-0.25, -0.2) is 0 Å². The van der Waals surface area contributed by atoms with E-state index in [9.17, 15) is 0 Å². The molecule has 0 unspecified atom stereocenters. The third kappa shape index (κ3) is 0.583. The lowest BCUT2D eigenvalue weighted by molar-refractivity contribution is 0.305. The molecular formula is C7H10N. The lowest BCUT2D eigenvalue weighted by atomic mass is 9.99. The molecule has 1 radical (unpaired) electrons. The van der Waals surface area contributed by atoms with Crippen molar-refractivity contribution in [2.24, 2.45) is 0 Å². The molecule has 1 fully saturated rings. The van der Waals surface area contributed by atoms with Crippen LogP contribution in [0.15, 0.2) is 11.6 Å². The predicted octanol–water partition coefficient (Wildman–Crippen LogP) is 1.18. The Hall–Kier alpha value is -0.300. The second-order valence-electron chi connectivity index (χ2n) is 2.51. The number of piperidine rings is 1. The molecular weight excluding hydrogens is 98.1 g/mol. The summed E-state index contributed by atoms with van der Waals surface area (Å²) in [4.78, 5) is 2.38. The molecule has 2 bridgehead atoms. The summed E-state index contributed by atoms with van der Waals surface area (Å²) in [6, 6.07) is 0. The van der Waals surface area contributed by atoms with E-state index in [1.165, 1.54) is 25.9 Å². The summed E-state index contributed by atoms with van der Waals surface area (Å²) >= 11 is 0. The highest BCUT2D eigenvalue weighted by atomic mass is 15.1. The van der Waals surface area contributed by atoms with Crippen LogP contribution in [0.5, 0.6) is 0 Å². The molecule has 8 heavy (non-hydrogen) atoms. The number of rotatable bonds is 0. The molecule has 0 spiro atoms. The minimum atomic E-state index is 1.27. The summed E-state index contributed by atoms with van der Waals surface area (Å²) in [7, 11) is 0. The van der Waals surface area contributed by atoms with Gasteiger partial charge in [-0.1, -0.05) is 11.6 Å². The molecule has 0 aromatic rings. The van der Waals surface area contributed by atoms with E-state index in [0.29, 0.717) is 0 Å². The van der Waals surface area contributed by atoms with Crippen molar-refractivity contribution in [2.45, 2.75) is 12.8 Å². The molecule has 3 aliphatic heterocycles. The predicted molar refractivity (Wildman–Crippen MR) is 33.2 cm³/mol. The zero-order valence-electron chi connectivity index (χ0n) is 4.93. The van der Waals surface area contributed by atoms with E-state index >= 15 is 0 Å². The van der Waals surface area contributed by atoms with Gasteiger partial charge in [0.25, 0.3) is 0 Å². The maximum Gasteiger partial charge on any atom is 0.0472 e. The molecule has 0 amide bonds. The zero-order chi connectivity index (χ0) is 5.40. The minimum Gasteiger partial charge on any atom is -0.294 e. The average Bonchev–Trinajstić information content (AvgIpc) is 1.92. The fraction of sp³-hybridized carbons (Fsp3) is 0.571. The molecule has 0 saturated carbocycles. The van der Waals surface area contributed by atoms with Crippen LogP contribution >= 0.6 is 0 Å². The maximum absolute atomic E-state index is 2.38. The van der Waals surface area contributed by atoms with Gasteiger partial charge in [0, 0.05) is 19.6 Å². The smallest absolute Gasteiger partial charge is 0.0472 e. The lowest BCUT2D eigenvalue weighted by Gasteiger charge is -2.31. The fourth-order valence-corrected chi connectivity index (χ4v) is 1.34. The van der Waals surface area contributed by atoms with Gasteiger partial charge >= 0.3 is 0 Å². The Morgan fingerprint density at radius 3 is 2.12 bits per heavy atom. The molecule has 3 heterocycles. The van der Waals surface area contributed by atoms with Crippen molar-refractivity contribution in [1.29, 1.82) is 0 Å². The van der Waals surface area contributed by atoms with Crippen molar-refractivity contribution >= 4 is 0 Å². The first-order valence-corrected chi connectivity index (χ1v) is 3.22. The highest BCUT2D eigenvalue weighted by molar-refractivity contribution is 5.16. The molecule has 0 atom stereocenters. The van der Waals surface area contributed by atoms with Gasteiger partial charge in [0.15, 0.2) is 0 Å². The number of nitrogens with zero attached hydrogens (tertiary/aromatic N) is 1. The first-order valence-electron chi connectivity index (χ1n) is 3.22. The monoisotopic (exact) mass is 108 g/mol. The fourth-order valence-electron chi connectivity index (χ4n) is 1.34. The van der Waals surface area contributed by atoms with Gasteiger partial charge in [-0.2, -0.15) is 0 Å². The average molecular weight is 108 g/mol. The van der Waals surface area contributed by atoms with E-state index in [-0.39, 0.29) is 0 Å². The van der Waals surface area contributed by atoms with Crippen LogP contribution in [0.4, 0.5) is 0 Å². The SMILES string of the molecule is [CH]1C=C2CCN1CC2. The van der Waals surface area contributed by atoms with Crippen molar-refractivity contribution in [2.75, 3.05) is 13.1 Å². The van der Waals surface area contributed by atoms with E-state index in [4.69, 9.17) is 0 Å². The van der Waals surface area contributed by atoms with Crippen molar-refractivity contribution in [3.63, 3.8) is 0 Å². The molecule has 1 saturated heterocycles. The molecule has 3 rings (SSSR count). The van der Waals surface area contributed by atoms with Crippen LogP contribution in [0.3, 0.4) is 0 Å². The van der Waals surface area contributed by atoms with Crippen LogP contribution in [0.2, 0.25) is 0 Å². The molecule has 43 valence electrons. The van der Waals surface area contributed by atoms with E-state index in [1.54, 1.807) is 5.57 Å². The summed E-state index contributed by atoms with van der Waals surface area (Å²) in [6.45, 7) is 4.75. The molecule has 1 heteroatoms. The quantitative estimate of drug-likeness (QED) is 0.450. The van der Waals surface area contributed by atoms with Crippen molar-refractivity contribution in [1.82, 2.24) is 4.90 Å². The van der Waals surface area contributed by atoms with Gasteiger partial charge in [-0.3, -0.25) is 4.90 Å². The Kier molecular flexibility index (Phi) is 0.908. The summed E-state index contributed by atoms with van der Waals surface area (Å²) < 4.78 is 0. The Morgan fingerprint density at radius 2 is 2.00 bits per heavy atom. The molecule has 0 aromatic carbocycles. The number of fused-ring (bicyclic) bond motifs is 3. The Morgan fingerprint density at radius 1 is 1.25 bits per heavy atom. The van der Waals surface area contributed by atoms with Gasteiger partial charge in [0.05, 0.1) is 0 Å². The molecule has 0 N–H and O–H groups in total. The first-order chi connectivity index (χ1) is 3.95. The first kappa shape index (κ1) is 4.57. The Bertz CT molecular complexity index is 116. The van der Waals surface area contributed by atoms with Crippen molar-refractivity contribution < 1.29 is 0 Å². The molecule has 0 aromatic heterocycles. The van der Waals surface area contributed by atoms with Gasteiger partial charge in [0.2, 0.25) is 0 Å². The van der Waals surface area contributed by atoms with Crippen LogP contribution in [0.1, 0.15) is 12.8 Å². The molecule has 1 nitrogen and oxygen atoms in total. The summed E-state index contributed by atoms with van der Waals surface area (Å²) in [5, 5.41) is 0. The third-order valence-electron chi connectivity index (χ3n) is 1.96. The molecule has 0 aliphatic carbocycles. The maximum atomic E-state index is 2.38. The highest BCUT2D eigenvalue weighted by Crippen LogP contribution is 2.22. The Labute approximate surface area is 50.0 Å². The zero-order valence-corrected chi connectivity index (χ0v) is 4.93. The van der Waals surface area contributed by atoms with Crippen LogP contribution in [0, 0.1) is 6.54 Å². The second kappa shape index (κ2) is 1.59. The van der Waals surface area contributed by atoms with E-state index in [1.807, 2.05) is 0 Å². The summed E-state index contributed by atoms with van der Waals surface area (Å²) in [6.07, 6.45) is 4.89. The van der Waals surface area contributed by atoms with Crippen molar-refractivity contribution in [3.8, 4) is 0 Å². The summed E-state index contributed by atoms with van der Waals surface area (Å²) in [5.74, 6) is 0. The second-order valence-corrected chi connectivity index (χ2v) is 2.51. The molecule has 3 aliphatic rings. The summed E-state index contributed by atoms with van der Waals surface area (Å²) in [5.41, 5.74) is 1.65. The standard InChI is InChI=1S/C7H10N/c1-4-8-5-2-7(1)3-6-8/h1,4H,2-3,5-6H2. The normalized spacial score (nSPS) is 28.2. The van der Waals surface area contributed by atoms with Gasteiger partial charge in [-0.15, -0.1) is 0 Å². The number of hydrogen-bond acceptors (Lipinski definition) is 1. The van der Waals surface area contributed by atoms with E-state index in [2.05, 4.69) is 17.5 Å². The van der Waals surface area contributed by atoms with Gasteiger partial charge < -0.3 is 0 Å². The van der Waals surface area contributed by atoms with Crippen LogP contribution in [-0.2, 0) is 0 Å². The highest BCUT2D eigenvalue weighted by Gasteiger charge is 2.17. The Balaban J connectivity index is 2.22. The largest absolute Gasteiger partial charge is 0.294 e. The minimum absolute atomic E-state index is 1.27. The van der Waals surface area contributed by atoms with Gasteiger partial charge in [0.1, 0.15) is 0 Å². The van der Waals surface area contributed by atoms with Crippen LogP contribution in [-0.4, -0.2) is 18.0 Å². The van der Waals surface area contributed by atoms with E-state index in [0.717, 1.165) is 0 Å². The lowest BCUT2D eigenvalue weighted by Crippen LogP contribution is -2.31. The number of hydrogen-bond donors (Lipinski definition) is 0. The van der Waals surface area contributed by atoms with Crippen LogP contribution in [0.25, 0.3) is 0 Å². The third-order valence-corrected chi connectivity index (χ3v) is 1.96. The van der Waals surface area contributed by atoms with E-state index < -0.39 is 0 Å². The van der Waals surface area contributed by atoms with Crippen molar-refractivity contribution in [3.05, 3.63) is 18.2 Å². The van der Waals surface area contributed by atoms with Gasteiger partial charge in [-0.05, 0) is 12.8 Å².